The summed E-state index contributed by atoms with van der Waals surface area (Å²) in [5.74, 6) is -0.0438. The molecular formula is C9H13O2. The van der Waals surface area contributed by atoms with Crippen molar-refractivity contribution >= 4 is 5.97 Å². The minimum atomic E-state index is -0.153. The van der Waals surface area contributed by atoms with Crippen LogP contribution in [-0.2, 0) is 9.53 Å². The summed E-state index contributed by atoms with van der Waals surface area (Å²) in [4.78, 5) is 11.1. The van der Waals surface area contributed by atoms with Crippen molar-refractivity contribution in [3.63, 3.8) is 0 Å². The fraction of sp³-hybridized carbons (Fsp3) is 0.667. The van der Waals surface area contributed by atoms with E-state index in [2.05, 4.69) is 17.6 Å². The van der Waals surface area contributed by atoms with Gasteiger partial charge in [-0.05, 0) is 12.8 Å². The first-order valence-corrected chi connectivity index (χ1v) is 4.07. The van der Waals surface area contributed by atoms with Crippen LogP contribution < -0.4 is 0 Å². The van der Waals surface area contributed by atoms with Gasteiger partial charge < -0.3 is 4.74 Å². The van der Waals surface area contributed by atoms with Crippen LogP contribution in [0.4, 0.5) is 0 Å². The van der Waals surface area contributed by atoms with Crippen LogP contribution in [0.25, 0.3) is 0 Å². The summed E-state index contributed by atoms with van der Waals surface area (Å²) in [5.41, 5.74) is 0. The van der Waals surface area contributed by atoms with Crippen LogP contribution in [0.3, 0.4) is 0 Å². The predicted molar refractivity (Wildman–Crippen MR) is 41.5 cm³/mol. The highest BCUT2D eigenvalue weighted by atomic mass is 16.5. The van der Waals surface area contributed by atoms with Crippen molar-refractivity contribution < 1.29 is 9.53 Å². The average molecular weight is 153 g/mol. The third-order valence-corrected chi connectivity index (χ3v) is 2.11. The molecule has 1 radical (unpaired) electrons. The van der Waals surface area contributed by atoms with Crippen LogP contribution in [0.2, 0.25) is 0 Å². The summed E-state index contributed by atoms with van der Waals surface area (Å²) in [5, 5.41) is 0. The molecule has 0 heterocycles. The molecule has 0 bridgehead atoms. The molecule has 0 aromatic carbocycles. The monoisotopic (exact) mass is 153 g/mol. The van der Waals surface area contributed by atoms with E-state index in [1.54, 1.807) is 0 Å². The lowest BCUT2D eigenvalue weighted by atomic mass is 9.89. The van der Waals surface area contributed by atoms with Crippen LogP contribution in [0, 0.1) is 12.2 Å². The van der Waals surface area contributed by atoms with E-state index >= 15 is 0 Å². The molecule has 2 heteroatoms. The maximum atomic E-state index is 11.1. The Morgan fingerprint density at radius 2 is 2.00 bits per heavy atom. The molecule has 61 valence electrons. The van der Waals surface area contributed by atoms with Gasteiger partial charge in [0.2, 0.25) is 0 Å². The highest BCUT2D eigenvalue weighted by Gasteiger charge is 2.21. The summed E-state index contributed by atoms with van der Waals surface area (Å²) >= 11 is 0. The second-order valence-corrected chi connectivity index (χ2v) is 2.90. The smallest absolute Gasteiger partial charge is 0.314 e. The second kappa shape index (κ2) is 4.16. The van der Waals surface area contributed by atoms with Gasteiger partial charge in [0, 0.05) is 0 Å². The van der Waals surface area contributed by atoms with Gasteiger partial charge in [0.25, 0.3) is 0 Å². The van der Waals surface area contributed by atoms with E-state index in [1.807, 2.05) is 0 Å². The van der Waals surface area contributed by atoms with Crippen molar-refractivity contribution in [2.24, 2.45) is 5.92 Å². The van der Waals surface area contributed by atoms with E-state index in [-0.39, 0.29) is 11.9 Å². The number of hydrogen-bond acceptors (Lipinski definition) is 2. The zero-order valence-electron chi connectivity index (χ0n) is 6.64. The van der Waals surface area contributed by atoms with E-state index in [0.29, 0.717) is 0 Å². The van der Waals surface area contributed by atoms with Crippen molar-refractivity contribution in [3.8, 4) is 0 Å². The first kappa shape index (κ1) is 8.31. The lowest BCUT2D eigenvalue weighted by Crippen LogP contribution is -2.18. The van der Waals surface area contributed by atoms with Crippen LogP contribution in [0.15, 0.2) is 6.58 Å². The van der Waals surface area contributed by atoms with E-state index in [1.165, 1.54) is 6.42 Å². The van der Waals surface area contributed by atoms with Gasteiger partial charge in [0.15, 0.2) is 6.26 Å². The van der Waals surface area contributed by atoms with Gasteiger partial charge in [0.05, 0.1) is 5.92 Å². The van der Waals surface area contributed by atoms with Crippen LogP contribution in [0.5, 0.6) is 0 Å². The van der Waals surface area contributed by atoms with E-state index in [4.69, 9.17) is 0 Å². The molecular weight excluding hydrogens is 140 g/mol. The Bertz CT molecular complexity index is 146. The van der Waals surface area contributed by atoms with E-state index < -0.39 is 0 Å². The number of rotatable bonds is 2. The van der Waals surface area contributed by atoms with Crippen molar-refractivity contribution in [2.75, 3.05) is 0 Å². The molecule has 0 spiro atoms. The van der Waals surface area contributed by atoms with Gasteiger partial charge in [0.1, 0.15) is 0 Å². The van der Waals surface area contributed by atoms with Crippen molar-refractivity contribution in [1.29, 1.82) is 0 Å². The molecule has 0 aromatic heterocycles. The summed E-state index contributed by atoms with van der Waals surface area (Å²) < 4.78 is 4.58. The zero-order valence-corrected chi connectivity index (χ0v) is 6.64. The van der Waals surface area contributed by atoms with Crippen molar-refractivity contribution in [1.82, 2.24) is 0 Å². The largest absolute Gasteiger partial charge is 0.423 e. The van der Waals surface area contributed by atoms with E-state index in [9.17, 15) is 4.79 Å². The Kier molecular flexibility index (Phi) is 3.14. The molecule has 0 atom stereocenters. The molecule has 1 aliphatic rings. The fourth-order valence-corrected chi connectivity index (χ4v) is 1.49. The fourth-order valence-electron chi connectivity index (χ4n) is 1.49. The van der Waals surface area contributed by atoms with Crippen LogP contribution in [-0.4, -0.2) is 5.97 Å². The summed E-state index contributed by atoms with van der Waals surface area (Å²) in [7, 11) is 0. The number of carbonyl (C=O) groups is 1. The summed E-state index contributed by atoms with van der Waals surface area (Å²) in [6, 6.07) is 0. The molecule has 0 unspecified atom stereocenters. The lowest BCUT2D eigenvalue weighted by Gasteiger charge is -2.18. The van der Waals surface area contributed by atoms with Gasteiger partial charge in [-0.1, -0.05) is 25.8 Å². The Hall–Kier alpha value is -0.790. The minimum absolute atomic E-state index is 0.109. The maximum Gasteiger partial charge on any atom is 0.314 e. The van der Waals surface area contributed by atoms with Gasteiger partial charge in [-0.25, -0.2) is 0 Å². The molecule has 0 amide bonds. The molecule has 0 N–H and O–H groups in total. The van der Waals surface area contributed by atoms with Crippen molar-refractivity contribution in [3.05, 3.63) is 12.8 Å². The third kappa shape index (κ3) is 2.37. The normalized spacial score (nSPS) is 19.3. The Balaban J connectivity index is 2.32. The molecule has 0 aliphatic heterocycles. The van der Waals surface area contributed by atoms with Gasteiger partial charge >= 0.3 is 5.97 Å². The van der Waals surface area contributed by atoms with Gasteiger partial charge in [-0.2, -0.15) is 0 Å². The number of ether oxygens (including phenoxy) is 1. The average Bonchev–Trinajstić information content (AvgIpc) is 2.07. The van der Waals surface area contributed by atoms with Crippen LogP contribution >= 0.6 is 0 Å². The van der Waals surface area contributed by atoms with Crippen molar-refractivity contribution in [2.45, 2.75) is 32.1 Å². The number of carbonyl (C=O) groups excluding carboxylic acids is 1. The van der Waals surface area contributed by atoms with E-state index in [0.717, 1.165) is 25.7 Å². The predicted octanol–water partition coefficient (Wildman–Crippen LogP) is 2.06. The summed E-state index contributed by atoms with van der Waals surface area (Å²) in [6.45, 7) is 3.23. The molecule has 0 aromatic rings. The highest BCUT2D eigenvalue weighted by Crippen LogP contribution is 2.24. The summed E-state index contributed by atoms with van der Waals surface area (Å²) in [6.07, 6.45) is 7.66. The zero-order chi connectivity index (χ0) is 8.10. The molecule has 1 rings (SSSR count). The topological polar surface area (TPSA) is 26.3 Å². The van der Waals surface area contributed by atoms with Crippen LogP contribution in [0.1, 0.15) is 32.1 Å². The SMILES string of the molecule is C=[C]OC(=O)C1CCCCC1. The molecule has 2 nitrogen and oxygen atoms in total. The highest BCUT2D eigenvalue weighted by molar-refractivity contribution is 5.72. The molecule has 1 fully saturated rings. The standard InChI is InChI=1S/C9H13O2/c1-2-11-9(10)8-6-4-3-5-7-8/h8H,1,3-7H2. The number of esters is 1. The minimum Gasteiger partial charge on any atom is -0.423 e. The maximum absolute atomic E-state index is 11.1. The Morgan fingerprint density at radius 3 is 2.55 bits per heavy atom. The third-order valence-electron chi connectivity index (χ3n) is 2.11. The molecule has 1 aliphatic carbocycles. The Labute approximate surface area is 67.2 Å². The quantitative estimate of drug-likeness (QED) is 0.448. The van der Waals surface area contributed by atoms with Gasteiger partial charge in [-0.15, -0.1) is 0 Å². The lowest BCUT2D eigenvalue weighted by molar-refractivity contribution is -0.144. The Morgan fingerprint density at radius 1 is 1.36 bits per heavy atom. The molecule has 11 heavy (non-hydrogen) atoms. The first-order chi connectivity index (χ1) is 5.34. The van der Waals surface area contributed by atoms with Gasteiger partial charge in [-0.3, -0.25) is 4.79 Å². The second-order valence-electron chi connectivity index (χ2n) is 2.90. The molecule has 0 saturated heterocycles. The molecule has 1 saturated carbocycles. The first-order valence-electron chi connectivity index (χ1n) is 4.07. The number of hydrogen-bond donors (Lipinski definition) is 0.